The third-order valence-electron chi connectivity index (χ3n) is 5.26. The quantitative estimate of drug-likeness (QED) is 0.390. The van der Waals surface area contributed by atoms with E-state index in [9.17, 15) is 4.79 Å². The van der Waals surface area contributed by atoms with E-state index in [0.717, 1.165) is 55.5 Å². The first-order chi connectivity index (χ1) is 12.2. The van der Waals surface area contributed by atoms with Gasteiger partial charge in [0.1, 0.15) is 0 Å². The van der Waals surface area contributed by atoms with Crippen molar-refractivity contribution in [1.82, 2.24) is 15.5 Å². The van der Waals surface area contributed by atoms with Crippen LogP contribution in [0.25, 0.3) is 0 Å². The smallest absolute Gasteiger partial charge is 0.231 e. The highest BCUT2D eigenvalue weighted by Gasteiger charge is 2.42. The first kappa shape index (κ1) is 19.1. The number of rotatable bonds is 2. The SMILES string of the molecule is CN=C(NCc1ccc2c(c1)OCO2)N1CCCC2(CNC(=O)C2)C1.I. The van der Waals surface area contributed by atoms with Gasteiger partial charge in [0.25, 0.3) is 0 Å². The summed E-state index contributed by atoms with van der Waals surface area (Å²) in [5.74, 6) is 2.65. The van der Waals surface area contributed by atoms with Gasteiger partial charge in [-0.25, -0.2) is 0 Å². The molecular formula is C18H25IN4O3. The van der Waals surface area contributed by atoms with Crippen LogP contribution < -0.4 is 20.1 Å². The summed E-state index contributed by atoms with van der Waals surface area (Å²) >= 11 is 0. The molecule has 0 radical (unpaired) electrons. The van der Waals surface area contributed by atoms with Crippen molar-refractivity contribution in [3.63, 3.8) is 0 Å². The van der Waals surface area contributed by atoms with Gasteiger partial charge in [-0.2, -0.15) is 0 Å². The van der Waals surface area contributed by atoms with E-state index in [0.29, 0.717) is 13.0 Å². The summed E-state index contributed by atoms with van der Waals surface area (Å²) in [5, 5.41) is 6.43. The fraction of sp³-hybridized carbons (Fsp3) is 0.556. The van der Waals surface area contributed by atoms with Crippen LogP contribution in [0.5, 0.6) is 11.5 Å². The number of nitrogens with zero attached hydrogens (tertiary/aromatic N) is 2. The minimum atomic E-state index is 0. The Bertz CT molecular complexity index is 712. The largest absolute Gasteiger partial charge is 0.454 e. The molecule has 0 bridgehead atoms. The van der Waals surface area contributed by atoms with Crippen molar-refractivity contribution in [2.75, 3.05) is 33.5 Å². The Labute approximate surface area is 170 Å². The summed E-state index contributed by atoms with van der Waals surface area (Å²) in [4.78, 5) is 18.4. The van der Waals surface area contributed by atoms with Gasteiger partial charge in [-0.05, 0) is 30.5 Å². The minimum absolute atomic E-state index is 0. The van der Waals surface area contributed by atoms with Crippen LogP contribution in [0, 0.1) is 5.41 Å². The molecule has 1 atom stereocenters. The monoisotopic (exact) mass is 472 g/mol. The standard InChI is InChI=1S/C18H24N4O3.HI/c1-19-17(20-9-13-3-4-14-15(7-13)25-12-24-14)22-6-2-5-18(11-22)8-16(23)21-10-18;/h3-4,7H,2,5-6,8-12H2,1H3,(H,19,20)(H,21,23);1H. The molecule has 3 heterocycles. The van der Waals surface area contributed by atoms with Gasteiger partial charge in [0, 0.05) is 45.1 Å². The Kier molecular flexibility index (Phi) is 5.79. The molecule has 2 saturated heterocycles. The molecule has 1 aromatic rings. The molecule has 3 aliphatic heterocycles. The fourth-order valence-corrected chi connectivity index (χ4v) is 3.99. The summed E-state index contributed by atoms with van der Waals surface area (Å²) in [6, 6.07) is 5.97. The van der Waals surface area contributed by atoms with E-state index in [1.807, 2.05) is 18.2 Å². The molecule has 1 unspecified atom stereocenters. The van der Waals surface area contributed by atoms with Gasteiger partial charge in [-0.3, -0.25) is 9.79 Å². The normalized spacial score (nSPS) is 24.4. The number of aliphatic imine (C=N–C) groups is 1. The summed E-state index contributed by atoms with van der Waals surface area (Å²) in [7, 11) is 1.81. The second kappa shape index (κ2) is 7.89. The Hall–Kier alpha value is -1.71. The molecule has 8 heteroatoms. The first-order valence-electron chi connectivity index (χ1n) is 8.78. The maximum Gasteiger partial charge on any atom is 0.231 e. The molecule has 1 amide bonds. The molecule has 2 N–H and O–H groups in total. The van der Waals surface area contributed by atoms with Crippen LogP contribution in [0.4, 0.5) is 0 Å². The molecule has 142 valence electrons. The molecule has 0 aromatic heterocycles. The number of carbonyl (C=O) groups is 1. The van der Waals surface area contributed by atoms with Crippen LogP contribution in [0.3, 0.4) is 0 Å². The van der Waals surface area contributed by atoms with Crippen molar-refractivity contribution in [1.29, 1.82) is 0 Å². The zero-order valence-electron chi connectivity index (χ0n) is 14.9. The number of piperidine rings is 1. The molecule has 2 fully saturated rings. The average Bonchev–Trinajstić information content (AvgIpc) is 3.22. The number of ether oxygens (including phenoxy) is 2. The highest BCUT2D eigenvalue weighted by atomic mass is 127. The topological polar surface area (TPSA) is 75.2 Å². The molecule has 4 rings (SSSR count). The van der Waals surface area contributed by atoms with Gasteiger partial charge in [-0.1, -0.05) is 6.07 Å². The Morgan fingerprint density at radius 2 is 2.23 bits per heavy atom. The summed E-state index contributed by atoms with van der Waals surface area (Å²) in [6.07, 6.45) is 2.81. The van der Waals surface area contributed by atoms with E-state index in [1.165, 1.54) is 0 Å². The van der Waals surface area contributed by atoms with Crippen molar-refractivity contribution in [3.05, 3.63) is 23.8 Å². The number of hydrogen-bond donors (Lipinski definition) is 2. The summed E-state index contributed by atoms with van der Waals surface area (Å²) < 4.78 is 10.8. The van der Waals surface area contributed by atoms with Crippen LogP contribution in [0.1, 0.15) is 24.8 Å². The zero-order valence-corrected chi connectivity index (χ0v) is 17.2. The molecule has 0 aliphatic carbocycles. The third kappa shape index (κ3) is 3.84. The van der Waals surface area contributed by atoms with Crippen LogP contribution >= 0.6 is 24.0 Å². The minimum Gasteiger partial charge on any atom is -0.454 e. The number of nitrogens with one attached hydrogen (secondary N) is 2. The lowest BCUT2D eigenvalue weighted by Crippen LogP contribution is -2.51. The lowest BCUT2D eigenvalue weighted by atomic mass is 9.79. The molecule has 26 heavy (non-hydrogen) atoms. The predicted molar refractivity (Wildman–Crippen MR) is 109 cm³/mol. The molecular weight excluding hydrogens is 447 g/mol. The van der Waals surface area contributed by atoms with Crippen molar-refractivity contribution in [2.24, 2.45) is 10.4 Å². The fourth-order valence-electron chi connectivity index (χ4n) is 3.99. The van der Waals surface area contributed by atoms with Gasteiger partial charge in [0.2, 0.25) is 12.7 Å². The molecule has 3 aliphatic rings. The number of benzene rings is 1. The van der Waals surface area contributed by atoms with Crippen LogP contribution in [-0.4, -0.2) is 50.2 Å². The predicted octanol–water partition coefficient (Wildman–Crippen LogP) is 1.71. The highest BCUT2D eigenvalue weighted by Crippen LogP contribution is 2.36. The van der Waals surface area contributed by atoms with E-state index in [1.54, 1.807) is 7.05 Å². The second-order valence-electron chi connectivity index (χ2n) is 7.07. The second-order valence-corrected chi connectivity index (χ2v) is 7.07. The first-order valence-corrected chi connectivity index (χ1v) is 8.78. The van der Waals surface area contributed by atoms with Gasteiger partial charge in [-0.15, -0.1) is 24.0 Å². The van der Waals surface area contributed by atoms with Crippen molar-refractivity contribution < 1.29 is 14.3 Å². The van der Waals surface area contributed by atoms with Crippen molar-refractivity contribution in [3.8, 4) is 11.5 Å². The Morgan fingerprint density at radius 1 is 1.38 bits per heavy atom. The van der Waals surface area contributed by atoms with Gasteiger partial charge >= 0.3 is 0 Å². The average molecular weight is 472 g/mol. The molecule has 1 aromatic carbocycles. The van der Waals surface area contributed by atoms with E-state index in [2.05, 4.69) is 20.5 Å². The maximum atomic E-state index is 11.7. The lowest BCUT2D eigenvalue weighted by molar-refractivity contribution is -0.119. The number of guanidine groups is 1. The van der Waals surface area contributed by atoms with E-state index < -0.39 is 0 Å². The number of amides is 1. The van der Waals surface area contributed by atoms with Gasteiger partial charge in [0.15, 0.2) is 17.5 Å². The van der Waals surface area contributed by atoms with Gasteiger partial charge < -0.3 is 25.0 Å². The maximum absolute atomic E-state index is 11.7. The van der Waals surface area contributed by atoms with E-state index >= 15 is 0 Å². The zero-order chi connectivity index (χ0) is 17.3. The Balaban J connectivity index is 0.00000196. The molecule has 1 spiro atoms. The molecule has 7 nitrogen and oxygen atoms in total. The molecule has 0 saturated carbocycles. The van der Waals surface area contributed by atoms with Gasteiger partial charge in [0.05, 0.1) is 0 Å². The third-order valence-corrected chi connectivity index (χ3v) is 5.26. The number of halogens is 1. The Morgan fingerprint density at radius 3 is 3.00 bits per heavy atom. The number of hydrogen-bond acceptors (Lipinski definition) is 4. The van der Waals surface area contributed by atoms with E-state index in [4.69, 9.17) is 9.47 Å². The van der Waals surface area contributed by atoms with Crippen LogP contribution in [0.15, 0.2) is 23.2 Å². The van der Waals surface area contributed by atoms with E-state index in [-0.39, 0.29) is 42.1 Å². The van der Waals surface area contributed by atoms with Crippen LogP contribution in [-0.2, 0) is 11.3 Å². The highest BCUT2D eigenvalue weighted by molar-refractivity contribution is 14.0. The number of fused-ring (bicyclic) bond motifs is 1. The number of likely N-dealkylation sites (tertiary alicyclic amines) is 1. The summed E-state index contributed by atoms with van der Waals surface area (Å²) in [6.45, 7) is 3.57. The summed E-state index contributed by atoms with van der Waals surface area (Å²) in [5.41, 5.74) is 1.18. The lowest BCUT2D eigenvalue weighted by Gasteiger charge is -2.40. The van der Waals surface area contributed by atoms with Crippen LogP contribution in [0.2, 0.25) is 0 Å². The van der Waals surface area contributed by atoms with Crippen molar-refractivity contribution in [2.45, 2.75) is 25.8 Å². The van der Waals surface area contributed by atoms with Crippen molar-refractivity contribution >= 4 is 35.8 Å². The number of carbonyl (C=O) groups excluding carboxylic acids is 1.